The van der Waals surface area contributed by atoms with Gasteiger partial charge in [-0.2, -0.15) is 0 Å². The molecule has 0 radical (unpaired) electrons. The molecule has 0 saturated heterocycles. The summed E-state index contributed by atoms with van der Waals surface area (Å²) in [6.45, 7) is 10.4. The number of sulfonamides is 1. The molecule has 0 aliphatic heterocycles. The number of carbonyl (C=O) groups is 3. The van der Waals surface area contributed by atoms with Crippen LogP contribution in [0.15, 0.2) is 88.2 Å². The summed E-state index contributed by atoms with van der Waals surface area (Å²) in [7, 11) is -2.49. The summed E-state index contributed by atoms with van der Waals surface area (Å²) in [5.74, 6) is 1.76. The molecule has 1 aliphatic rings. The monoisotopic (exact) mass is 1140 g/mol. The Balaban J connectivity index is 0.000000241. The summed E-state index contributed by atoms with van der Waals surface area (Å²) in [6.07, 6.45) is 8.25. The van der Waals surface area contributed by atoms with Crippen molar-refractivity contribution < 1.29 is 36.7 Å². The number of halogens is 3. The van der Waals surface area contributed by atoms with Gasteiger partial charge in [-0.1, -0.05) is 88.4 Å². The number of ether oxygens (including phenoxy) is 2. The van der Waals surface area contributed by atoms with E-state index in [0.717, 1.165) is 106 Å². The number of hydrogen-bond acceptors (Lipinski definition) is 9. The van der Waals surface area contributed by atoms with Gasteiger partial charge in [0.25, 0.3) is 15.9 Å². The summed E-state index contributed by atoms with van der Waals surface area (Å²) in [5.41, 5.74) is 3.32. The molecule has 1 aromatic heterocycles. The van der Waals surface area contributed by atoms with Gasteiger partial charge in [0.2, 0.25) is 0 Å². The molecule has 16 heteroatoms. The first-order chi connectivity index (χ1) is 30.8. The van der Waals surface area contributed by atoms with Crippen LogP contribution in [0.2, 0.25) is 5.02 Å². The van der Waals surface area contributed by atoms with Gasteiger partial charge >= 0.3 is 6.03 Å². The van der Waals surface area contributed by atoms with E-state index in [1.807, 2.05) is 36.4 Å². The summed E-state index contributed by atoms with van der Waals surface area (Å²) in [6, 6.07) is 22.0. The van der Waals surface area contributed by atoms with E-state index in [1.165, 1.54) is 25.3 Å². The lowest BCUT2D eigenvalue weighted by molar-refractivity contribution is 0.0950. The second-order valence-corrected chi connectivity index (χ2v) is 19.8. The average Bonchev–Trinajstić information content (AvgIpc) is 3.66. The lowest BCUT2D eigenvalue weighted by Crippen LogP contribution is -2.45. The predicted octanol–water partition coefficient (Wildman–Crippen LogP) is 10.6. The van der Waals surface area contributed by atoms with Crippen LogP contribution in [-0.2, 0) is 22.9 Å². The maximum atomic E-state index is 13.6. The van der Waals surface area contributed by atoms with Crippen LogP contribution < -0.4 is 24.8 Å². The Morgan fingerprint density at radius 1 is 0.891 bits per heavy atom. The number of methoxy groups -OCH3 is 1. The summed E-state index contributed by atoms with van der Waals surface area (Å²) in [4.78, 5) is 40.4. The van der Waals surface area contributed by atoms with Crippen molar-refractivity contribution in [3.05, 3.63) is 119 Å². The number of unbranched alkanes of at least 4 members (excludes halogenated alkanes) is 1. The zero-order valence-electron chi connectivity index (χ0n) is 36.7. The van der Waals surface area contributed by atoms with Crippen LogP contribution in [0, 0.1) is 7.14 Å². The van der Waals surface area contributed by atoms with Crippen molar-refractivity contribution in [2.24, 2.45) is 0 Å². The molecule has 344 valence electrons. The number of ketones is 1. The molecule has 0 bridgehead atoms. The van der Waals surface area contributed by atoms with Crippen molar-refractivity contribution >= 4 is 95.5 Å². The number of furan rings is 1. The number of aryl methyl sites for hydroxylation is 1. The number of rotatable bonds is 19. The van der Waals surface area contributed by atoms with E-state index >= 15 is 0 Å². The second-order valence-electron chi connectivity index (χ2n) is 15.4. The van der Waals surface area contributed by atoms with E-state index in [9.17, 15) is 22.8 Å². The van der Waals surface area contributed by atoms with Crippen molar-refractivity contribution in [2.45, 2.75) is 89.5 Å². The maximum Gasteiger partial charge on any atom is 0.328 e. The highest BCUT2D eigenvalue weighted by molar-refractivity contribution is 14.1. The van der Waals surface area contributed by atoms with Crippen LogP contribution in [-0.4, -0.2) is 77.0 Å². The Labute approximate surface area is 409 Å². The standard InChI is InChI=1S/C25H29I2NO3.C23H28ClN3O5S/c1-4-7-11-22-23(18-10-8-9-12-21(18)31-22)24(29)17-15-19(26)25(20(27)16-17)30-14-13-28(5-2)6-3;1-32-21-12-9-17(24)15-20(21)22(28)25-14-13-16-7-10-19(11-8-16)33(30,31)27-23(29)26-18-5-3-2-4-6-18/h8-10,12,15-16H,4-7,11,13-14H2,1-3H3;7-12,15,18H,2-6,13-14H2,1H3,(H,25,28)(H2,26,27,29). The van der Waals surface area contributed by atoms with E-state index in [4.69, 9.17) is 25.5 Å². The van der Waals surface area contributed by atoms with Crippen molar-refractivity contribution in [1.29, 1.82) is 0 Å². The number of benzene rings is 4. The van der Waals surface area contributed by atoms with E-state index in [-0.39, 0.29) is 22.6 Å². The first kappa shape index (κ1) is 51.1. The molecule has 0 spiro atoms. The number of urea groups is 1. The van der Waals surface area contributed by atoms with Crippen LogP contribution in [0.4, 0.5) is 4.79 Å². The number of fused-ring (bicyclic) bond motifs is 1. The van der Waals surface area contributed by atoms with E-state index in [1.54, 1.807) is 24.3 Å². The number of nitrogens with zero attached hydrogens (tertiary/aromatic N) is 1. The Bertz CT molecular complexity index is 2450. The molecule has 64 heavy (non-hydrogen) atoms. The molecule has 1 heterocycles. The summed E-state index contributed by atoms with van der Waals surface area (Å²) in [5, 5.41) is 6.85. The molecule has 3 amide bonds. The number of para-hydroxylation sites is 1. The van der Waals surface area contributed by atoms with E-state index in [2.05, 4.69) is 86.2 Å². The number of nitrogens with one attached hydrogen (secondary N) is 3. The normalized spacial score (nSPS) is 12.9. The third-order valence-corrected chi connectivity index (χ3v) is 14.2. The van der Waals surface area contributed by atoms with Crippen molar-refractivity contribution in [3.8, 4) is 11.5 Å². The minimum atomic E-state index is -3.97. The topological polar surface area (TPSA) is 156 Å². The molecule has 1 aliphatic carbocycles. The van der Waals surface area contributed by atoms with Crippen LogP contribution in [0.1, 0.15) is 103 Å². The van der Waals surface area contributed by atoms with Gasteiger partial charge in [0.15, 0.2) is 5.78 Å². The van der Waals surface area contributed by atoms with Gasteiger partial charge < -0.3 is 29.4 Å². The van der Waals surface area contributed by atoms with Gasteiger partial charge in [0.1, 0.15) is 29.4 Å². The zero-order valence-corrected chi connectivity index (χ0v) is 42.6. The smallest absolute Gasteiger partial charge is 0.328 e. The zero-order chi connectivity index (χ0) is 46.2. The highest BCUT2D eigenvalue weighted by atomic mass is 127. The SMILES string of the molecule is CCCCc1oc2ccccc2c1C(=O)c1cc(I)c(OCCN(CC)CC)c(I)c1.COc1ccc(Cl)cc1C(=O)NCCc1ccc(S(=O)(=O)NC(=O)NC2CCCCC2)cc1. The van der Waals surface area contributed by atoms with Gasteiger partial charge in [-0.15, -0.1) is 0 Å². The summed E-state index contributed by atoms with van der Waals surface area (Å²) < 4.78 is 46.3. The van der Waals surface area contributed by atoms with Gasteiger partial charge in [-0.3, -0.25) is 9.59 Å². The molecular formula is C48H57ClI2N4O8S. The minimum absolute atomic E-state index is 0.00209. The fourth-order valence-electron chi connectivity index (χ4n) is 7.40. The van der Waals surface area contributed by atoms with Gasteiger partial charge in [0, 0.05) is 41.5 Å². The highest BCUT2D eigenvalue weighted by Gasteiger charge is 2.24. The molecule has 1 saturated carbocycles. The van der Waals surface area contributed by atoms with Crippen LogP contribution >= 0.6 is 56.8 Å². The third-order valence-electron chi connectivity index (χ3n) is 11.0. The van der Waals surface area contributed by atoms with Gasteiger partial charge in [-0.05, 0) is 138 Å². The van der Waals surface area contributed by atoms with E-state index < -0.39 is 16.1 Å². The van der Waals surface area contributed by atoms with Crippen LogP contribution in [0.3, 0.4) is 0 Å². The Morgan fingerprint density at radius 3 is 2.23 bits per heavy atom. The first-order valence-electron chi connectivity index (χ1n) is 21.7. The average molecular weight is 1140 g/mol. The summed E-state index contributed by atoms with van der Waals surface area (Å²) >= 11 is 10.5. The molecular weight excluding hydrogens is 1080 g/mol. The van der Waals surface area contributed by atoms with Crippen LogP contribution in [0.5, 0.6) is 11.5 Å². The fraction of sp³-hybridized carbons (Fsp3) is 0.396. The Kier molecular flexibility index (Phi) is 20.1. The highest BCUT2D eigenvalue weighted by Crippen LogP contribution is 2.34. The van der Waals surface area contributed by atoms with Crippen molar-refractivity contribution in [1.82, 2.24) is 20.3 Å². The fourth-order valence-corrected chi connectivity index (χ4v) is 10.6. The van der Waals surface area contributed by atoms with Crippen molar-refractivity contribution in [3.63, 3.8) is 0 Å². The Hall–Kier alpha value is -3.91. The quantitative estimate of drug-likeness (QED) is 0.0541. The molecule has 3 N–H and O–H groups in total. The molecule has 4 aromatic carbocycles. The van der Waals surface area contributed by atoms with Gasteiger partial charge in [0.05, 0.1) is 30.3 Å². The molecule has 5 aromatic rings. The van der Waals surface area contributed by atoms with E-state index in [0.29, 0.717) is 47.0 Å². The largest absolute Gasteiger partial charge is 0.496 e. The number of likely N-dealkylation sites (N-methyl/N-ethyl adjacent to an activating group) is 1. The van der Waals surface area contributed by atoms with Crippen LogP contribution in [0.25, 0.3) is 11.0 Å². The van der Waals surface area contributed by atoms with Crippen molar-refractivity contribution in [2.75, 3.05) is 39.9 Å². The minimum Gasteiger partial charge on any atom is -0.496 e. The second kappa shape index (κ2) is 25.1. The predicted molar refractivity (Wildman–Crippen MR) is 270 cm³/mol. The first-order valence-corrected chi connectivity index (χ1v) is 25.7. The van der Waals surface area contributed by atoms with Gasteiger partial charge in [-0.25, -0.2) is 17.9 Å². The third kappa shape index (κ3) is 14.3. The maximum absolute atomic E-state index is 13.6. The number of carbonyl (C=O) groups excluding carboxylic acids is 3. The molecule has 0 unspecified atom stereocenters. The Morgan fingerprint density at radius 2 is 1.58 bits per heavy atom. The number of hydrogen-bond donors (Lipinski definition) is 3. The number of amides is 3. The lowest BCUT2D eigenvalue weighted by atomic mass is 9.96. The molecule has 12 nitrogen and oxygen atoms in total. The molecule has 1 fully saturated rings. The molecule has 0 atom stereocenters. The molecule has 6 rings (SSSR count). The lowest BCUT2D eigenvalue weighted by Gasteiger charge is -2.22.